The molecule has 0 aliphatic carbocycles. The third kappa shape index (κ3) is 5.31. The zero-order chi connectivity index (χ0) is 24.1. The van der Waals surface area contributed by atoms with Gasteiger partial charge in [0.25, 0.3) is 5.60 Å². The maximum atomic E-state index is 13.9. The number of benzene rings is 2. The van der Waals surface area contributed by atoms with Gasteiger partial charge < -0.3 is 14.2 Å². The first-order valence-corrected chi connectivity index (χ1v) is 10.1. The van der Waals surface area contributed by atoms with Crippen LogP contribution in [0, 0.1) is 6.92 Å². The summed E-state index contributed by atoms with van der Waals surface area (Å²) in [5, 5.41) is 0. The molecule has 2 atom stereocenters. The van der Waals surface area contributed by atoms with Crippen molar-refractivity contribution >= 4 is 5.97 Å². The molecule has 0 saturated carbocycles. The van der Waals surface area contributed by atoms with Gasteiger partial charge >= 0.3 is 12.1 Å². The topological polar surface area (TPSA) is 70.5 Å². The summed E-state index contributed by atoms with van der Waals surface area (Å²) in [6.07, 6.45) is -3.17. The van der Waals surface area contributed by atoms with E-state index in [1.54, 1.807) is 0 Å². The molecule has 0 fully saturated rings. The lowest BCUT2D eigenvalue weighted by molar-refractivity contribution is -0.278. The van der Waals surface area contributed by atoms with Crippen molar-refractivity contribution in [1.82, 2.24) is 9.97 Å². The molecule has 33 heavy (non-hydrogen) atoms. The van der Waals surface area contributed by atoms with Gasteiger partial charge in [-0.3, -0.25) is 0 Å². The summed E-state index contributed by atoms with van der Waals surface area (Å²) in [6.45, 7) is 3.19. The Morgan fingerprint density at radius 3 is 2.15 bits per heavy atom. The zero-order valence-electron chi connectivity index (χ0n) is 18.3. The third-order valence-corrected chi connectivity index (χ3v) is 4.90. The molecule has 174 valence electrons. The number of hydrogen-bond acceptors (Lipinski definition) is 6. The maximum absolute atomic E-state index is 13.9. The number of rotatable bonds is 8. The standard InChI is InChI=1S/C24H23F3N2O4/c1-16-9-11-18(12-10-16)21-28-13-20(14-29-21)32-15-17(2)33-22(30)23(31-3,24(25,26)27)19-7-5-4-6-8-19/h4-14,17H,15H2,1-3H3. The molecule has 0 spiro atoms. The highest BCUT2D eigenvalue weighted by Gasteiger charge is 2.64. The summed E-state index contributed by atoms with van der Waals surface area (Å²) in [5.41, 5.74) is -1.68. The van der Waals surface area contributed by atoms with Gasteiger partial charge in [-0.2, -0.15) is 13.2 Å². The van der Waals surface area contributed by atoms with E-state index in [-0.39, 0.29) is 17.9 Å². The molecule has 9 heteroatoms. The molecule has 3 aromatic rings. The van der Waals surface area contributed by atoms with E-state index in [9.17, 15) is 18.0 Å². The van der Waals surface area contributed by atoms with Crippen molar-refractivity contribution in [3.63, 3.8) is 0 Å². The van der Waals surface area contributed by atoms with Crippen LogP contribution in [0.5, 0.6) is 5.75 Å². The van der Waals surface area contributed by atoms with E-state index in [1.807, 2.05) is 31.2 Å². The van der Waals surface area contributed by atoms with E-state index >= 15 is 0 Å². The summed E-state index contributed by atoms with van der Waals surface area (Å²) < 4.78 is 57.1. The van der Waals surface area contributed by atoms with Crippen LogP contribution < -0.4 is 4.74 Å². The minimum absolute atomic E-state index is 0.203. The molecule has 0 aliphatic rings. The second-order valence-corrected chi connectivity index (χ2v) is 7.38. The van der Waals surface area contributed by atoms with Crippen LogP contribution in [-0.2, 0) is 19.9 Å². The molecule has 0 amide bonds. The number of carbonyl (C=O) groups excluding carboxylic acids is 1. The summed E-state index contributed by atoms with van der Waals surface area (Å²) in [4.78, 5) is 21.1. The minimum atomic E-state index is -5.04. The van der Waals surface area contributed by atoms with Crippen molar-refractivity contribution in [3.8, 4) is 17.1 Å². The fourth-order valence-electron chi connectivity index (χ4n) is 3.14. The van der Waals surface area contributed by atoms with Gasteiger partial charge in [-0.05, 0) is 13.8 Å². The van der Waals surface area contributed by atoms with Crippen molar-refractivity contribution < 1.29 is 32.2 Å². The average Bonchev–Trinajstić information content (AvgIpc) is 2.79. The zero-order valence-corrected chi connectivity index (χ0v) is 18.3. The number of alkyl halides is 3. The Morgan fingerprint density at radius 1 is 1.00 bits per heavy atom. The Labute approximate surface area is 189 Å². The number of aryl methyl sites for hydroxylation is 1. The number of aromatic nitrogens is 2. The summed E-state index contributed by atoms with van der Waals surface area (Å²) in [7, 11) is 0.815. The van der Waals surface area contributed by atoms with Gasteiger partial charge in [0, 0.05) is 18.2 Å². The Hall–Kier alpha value is -3.46. The molecule has 0 aliphatic heterocycles. The molecule has 0 radical (unpaired) electrons. The summed E-state index contributed by atoms with van der Waals surface area (Å²) >= 11 is 0. The quantitative estimate of drug-likeness (QED) is 0.447. The predicted octanol–water partition coefficient (Wildman–Crippen LogP) is 4.87. The lowest BCUT2D eigenvalue weighted by Crippen LogP contribution is -2.52. The molecule has 0 N–H and O–H groups in total. The molecule has 6 nitrogen and oxygen atoms in total. The minimum Gasteiger partial charge on any atom is -0.486 e. The smallest absolute Gasteiger partial charge is 0.432 e. The van der Waals surface area contributed by atoms with E-state index < -0.39 is 23.9 Å². The van der Waals surface area contributed by atoms with Crippen molar-refractivity contribution in [1.29, 1.82) is 0 Å². The first kappa shape index (κ1) is 24.2. The van der Waals surface area contributed by atoms with Crippen LogP contribution in [0.15, 0.2) is 67.0 Å². The fraction of sp³-hybridized carbons (Fsp3) is 0.292. The highest BCUT2D eigenvalue weighted by Crippen LogP contribution is 2.43. The molecule has 0 bridgehead atoms. The fourth-order valence-corrected chi connectivity index (χ4v) is 3.14. The molecule has 2 unspecified atom stereocenters. The number of methoxy groups -OCH3 is 1. The van der Waals surface area contributed by atoms with Gasteiger partial charge in [0.15, 0.2) is 11.6 Å². The molecule has 2 aromatic carbocycles. The first-order chi connectivity index (χ1) is 15.7. The Balaban J connectivity index is 1.66. The van der Waals surface area contributed by atoms with Crippen molar-refractivity contribution in [2.45, 2.75) is 31.7 Å². The number of carbonyl (C=O) groups is 1. The van der Waals surface area contributed by atoms with E-state index in [0.29, 0.717) is 5.82 Å². The van der Waals surface area contributed by atoms with Crippen molar-refractivity contribution in [2.24, 2.45) is 0 Å². The molecule has 0 saturated heterocycles. The van der Waals surface area contributed by atoms with Crippen molar-refractivity contribution in [3.05, 3.63) is 78.1 Å². The number of hydrogen-bond donors (Lipinski definition) is 0. The van der Waals surface area contributed by atoms with E-state index in [1.165, 1.54) is 37.5 Å². The van der Waals surface area contributed by atoms with Gasteiger partial charge in [0.05, 0.1) is 12.4 Å². The van der Waals surface area contributed by atoms with Crippen LogP contribution in [0.2, 0.25) is 0 Å². The van der Waals surface area contributed by atoms with Crippen LogP contribution in [0.4, 0.5) is 13.2 Å². The molecular weight excluding hydrogens is 437 g/mol. The lowest BCUT2D eigenvalue weighted by Gasteiger charge is -2.33. The van der Waals surface area contributed by atoms with Crippen molar-refractivity contribution in [2.75, 3.05) is 13.7 Å². The lowest BCUT2D eigenvalue weighted by atomic mass is 9.92. The van der Waals surface area contributed by atoms with Gasteiger partial charge in [-0.1, -0.05) is 60.2 Å². The van der Waals surface area contributed by atoms with Gasteiger partial charge in [0.2, 0.25) is 0 Å². The molecule has 3 rings (SSSR count). The second kappa shape index (κ2) is 9.99. The second-order valence-electron chi connectivity index (χ2n) is 7.38. The Kier molecular flexibility index (Phi) is 7.33. The highest BCUT2D eigenvalue weighted by molar-refractivity contribution is 5.82. The van der Waals surface area contributed by atoms with Crippen LogP contribution in [-0.4, -0.2) is 41.9 Å². The number of ether oxygens (including phenoxy) is 3. The largest absolute Gasteiger partial charge is 0.486 e. The summed E-state index contributed by atoms with van der Waals surface area (Å²) in [5.74, 6) is -0.795. The Morgan fingerprint density at radius 2 is 1.61 bits per heavy atom. The van der Waals surface area contributed by atoms with Gasteiger partial charge in [-0.15, -0.1) is 0 Å². The van der Waals surface area contributed by atoms with Crippen LogP contribution in [0.1, 0.15) is 18.1 Å². The SMILES string of the molecule is COC(C(=O)OC(C)COc1cnc(-c2ccc(C)cc2)nc1)(c1ccccc1)C(F)(F)F. The van der Waals surface area contributed by atoms with Gasteiger partial charge in [0.1, 0.15) is 12.7 Å². The first-order valence-electron chi connectivity index (χ1n) is 10.1. The monoisotopic (exact) mass is 460 g/mol. The molecular formula is C24H23F3N2O4. The van der Waals surface area contributed by atoms with Crippen LogP contribution in [0.25, 0.3) is 11.4 Å². The summed E-state index contributed by atoms with van der Waals surface area (Å²) in [6, 6.07) is 14.3. The number of halogens is 3. The molecule has 1 heterocycles. The average molecular weight is 460 g/mol. The molecule has 1 aromatic heterocycles. The van der Waals surface area contributed by atoms with E-state index in [0.717, 1.165) is 30.4 Å². The van der Waals surface area contributed by atoms with Crippen LogP contribution in [0.3, 0.4) is 0 Å². The maximum Gasteiger partial charge on any atom is 0.432 e. The number of nitrogens with zero attached hydrogens (tertiary/aromatic N) is 2. The number of esters is 1. The Bertz CT molecular complexity index is 1060. The normalized spacial score (nSPS) is 14.2. The van der Waals surface area contributed by atoms with Crippen LogP contribution >= 0.6 is 0 Å². The van der Waals surface area contributed by atoms with Gasteiger partial charge in [-0.25, -0.2) is 14.8 Å². The predicted molar refractivity (Wildman–Crippen MR) is 114 cm³/mol. The highest BCUT2D eigenvalue weighted by atomic mass is 19.4. The van der Waals surface area contributed by atoms with E-state index in [2.05, 4.69) is 9.97 Å². The third-order valence-electron chi connectivity index (χ3n) is 4.90. The van der Waals surface area contributed by atoms with E-state index in [4.69, 9.17) is 14.2 Å².